The standard InChI is InChI=1S/C17H13F3N4O3/c18-17(19,20)16(22-13(25)11-6-2-1-3-7-11)14(26)24(15(27)23-16)10-12-8-4-5-9-21-12/h1-9H,10H2,(H,22,25)(H,23,27)/t16-/m0/s1. The first-order chi connectivity index (χ1) is 12.7. The third-order valence-electron chi connectivity index (χ3n) is 3.91. The van der Waals surface area contributed by atoms with Crippen molar-refractivity contribution in [1.82, 2.24) is 20.5 Å². The van der Waals surface area contributed by atoms with Crippen molar-refractivity contribution >= 4 is 17.8 Å². The zero-order chi connectivity index (χ0) is 19.7. The number of benzene rings is 1. The number of urea groups is 1. The molecule has 1 aromatic carbocycles. The van der Waals surface area contributed by atoms with E-state index in [1.54, 1.807) is 28.8 Å². The van der Waals surface area contributed by atoms with Crippen LogP contribution in [0.3, 0.4) is 0 Å². The zero-order valence-electron chi connectivity index (χ0n) is 13.7. The lowest BCUT2D eigenvalue weighted by atomic mass is 10.1. The molecule has 1 fully saturated rings. The Morgan fingerprint density at radius 3 is 2.37 bits per heavy atom. The van der Waals surface area contributed by atoms with Crippen molar-refractivity contribution in [2.45, 2.75) is 18.4 Å². The third-order valence-corrected chi connectivity index (χ3v) is 3.91. The molecule has 1 aliphatic rings. The number of halogens is 3. The first-order valence-corrected chi connectivity index (χ1v) is 7.73. The number of aromatic nitrogens is 1. The largest absolute Gasteiger partial charge is 0.440 e. The van der Waals surface area contributed by atoms with Crippen molar-refractivity contribution in [3.05, 3.63) is 66.0 Å². The molecule has 4 amide bonds. The summed E-state index contributed by atoms with van der Waals surface area (Å²) in [5, 5.41) is 3.22. The van der Waals surface area contributed by atoms with Crippen LogP contribution >= 0.6 is 0 Å². The van der Waals surface area contributed by atoms with E-state index in [-0.39, 0.29) is 11.3 Å². The number of carbonyl (C=O) groups excluding carboxylic acids is 3. The maximum absolute atomic E-state index is 13.7. The molecule has 1 atom stereocenters. The van der Waals surface area contributed by atoms with E-state index in [4.69, 9.17) is 0 Å². The van der Waals surface area contributed by atoms with Gasteiger partial charge in [0, 0.05) is 11.8 Å². The number of imide groups is 1. The van der Waals surface area contributed by atoms with E-state index in [0.29, 0.717) is 4.90 Å². The summed E-state index contributed by atoms with van der Waals surface area (Å²) in [6.07, 6.45) is -3.88. The lowest BCUT2D eigenvalue weighted by molar-refractivity contribution is -0.200. The van der Waals surface area contributed by atoms with Gasteiger partial charge in [0.15, 0.2) is 0 Å². The van der Waals surface area contributed by atoms with E-state index >= 15 is 0 Å². The molecule has 1 aromatic heterocycles. The van der Waals surface area contributed by atoms with E-state index in [9.17, 15) is 27.6 Å². The van der Waals surface area contributed by atoms with Crippen molar-refractivity contribution in [2.24, 2.45) is 0 Å². The maximum Gasteiger partial charge on any atom is 0.440 e. The number of hydrogen-bond acceptors (Lipinski definition) is 4. The molecule has 2 aromatic rings. The normalized spacial score (nSPS) is 19.7. The minimum atomic E-state index is -5.26. The number of amides is 4. The van der Waals surface area contributed by atoms with Crippen LogP contribution in [0.5, 0.6) is 0 Å². The Morgan fingerprint density at radius 2 is 1.78 bits per heavy atom. The van der Waals surface area contributed by atoms with Crippen LogP contribution in [-0.2, 0) is 11.3 Å². The molecule has 140 valence electrons. The number of nitrogens with zero attached hydrogens (tertiary/aromatic N) is 2. The zero-order valence-corrected chi connectivity index (χ0v) is 13.7. The van der Waals surface area contributed by atoms with Gasteiger partial charge in [0.2, 0.25) is 0 Å². The van der Waals surface area contributed by atoms with E-state index in [0.717, 1.165) is 0 Å². The molecule has 2 heterocycles. The Hall–Kier alpha value is -3.43. The van der Waals surface area contributed by atoms with Crippen LogP contribution < -0.4 is 10.6 Å². The lowest BCUT2D eigenvalue weighted by Gasteiger charge is -2.29. The van der Waals surface area contributed by atoms with Gasteiger partial charge in [-0.25, -0.2) is 4.79 Å². The van der Waals surface area contributed by atoms with Gasteiger partial charge in [0.1, 0.15) is 0 Å². The molecule has 0 unspecified atom stereocenters. The van der Waals surface area contributed by atoms with Gasteiger partial charge < -0.3 is 5.32 Å². The van der Waals surface area contributed by atoms with Gasteiger partial charge in [-0.05, 0) is 24.3 Å². The predicted molar refractivity (Wildman–Crippen MR) is 86.0 cm³/mol. The fraction of sp³-hybridized carbons (Fsp3) is 0.176. The fourth-order valence-electron chi connectivity index (χ4n) is 2.55. The SMILES string of the molecule is O=C(N[C@]1(C(F)(F)F)NC(=O)N(Cc2ccccn2)C1=O)c1ccccc1. The van der Waals surface area contributed by atoms with Crippen LogP contribution in [0, 0.1) is 0 Å². The molecule has 0 radical (unpaired) electrons. The topological polar surface area (TPSA) is 91.4 Å². The summed E-state index contributed by atoms with van der Waals surface area (Å²) in [5.41, 5.74) is -3.43. The maximum atomic E-state index is 13.7. The molecular formula is C17H13F3N4O3. The van der Waals surface area contributed by atoms with E-state index in [2.05, 4.69) is 4.98 Å². The number of alkyl halides is 3. The summed E-state index contributed by atoms with van der Waals surface area (Å²) in [5.74, 6) is -2.78. The molecule has 0 aliphatic carbocycles. The van der Waals surface area contributed by atoms with Gasteiger partial charge in [-0.15, -0.1) is 0 Å². The Labute approximate surface area is 151 Å². The quantitative estimate of drug-likeness (QED) is 0.794. The van der Waals surface area contributed by atoms with Crippen molar-refractivity contribution in [2.75, 3.05) is 0 Å². The monoisotopic (exact) mass is 378 g/mol. The summed E-state index contributed by atoms with van der Waals surface area (Å²) >= 11 is 0. The summed E-state index contributed by atoms with van der Waals surface area (Å²) in [6, 6.07) is 10.4. The van der Waals surface area contributed by atoms with E-state index in [1.165, 1.54) is 36.5 Å². The van der Waals surface area contributed by atoms with Crippen molar-refractivity contribution in [3.63, 3.8) is 0 Å². The first kappa shape index (κ1) is 18.4. The van der Waals surface area contributed by atoms with Crippen LogP contribution in [0.4, 0.5) is 18.0 Å². The minimum Gasteiger partial charge on any atom is -0.314 e. The van der Waals surface area contributed by atoms with Gasteiger partial charge in [-0.3, -0.25) is 24.8 Å². The molecule has 0 saturated carbocycles. The molecule has 0 bridgehead atoms. The van der Waals surface area contributed by atoms with Gasteiger partial charge in [0.05, 0.1) is 12.2 Å². The van der Waals surface area contributed by atoms with Gasteiger partial charge in [0.25, 0.3) is 17.5 Å². The molecule has 3 rings (SSSR count). The van der Waals surface area contributed by atoms with Crippen LogP contribution in [0.2, 0.25) is 0 Å². The second-order valence-corrected chi connectivity index (χ2v) is 5.71. The highest BCUT2D eigenvalue weighted by Crippen LogP contribution is 2.34. The smallest absolute Gasteiger partial charge is 0.314 e. The molecule has 7 nitrogen and oxygen atoms in total. The molecular weight excluding hydrogens is 365 g/mol. The molecule has 0 spiro atoms. The summed E-state index contributed by atoms with van der Waals surface area (Å²) in [4.78, 5) is 41.1. The Bertz CT molecular complexity index is 874. The number of carbonyl (C=O) groups is 3. The van der Waals surface area contributed by atoms with Crippen molar-refractivity contribution in [1.29, 1.82) is 0 Å². The van der Waals surface area contributed by atoms with Crippen LogP contribution in [0.1, 0.15) is 16.1 Å². The second-order valence-electron chi connectivity index (χ2n) is 5.71. The van der Waals surface area contributed by atoms with Crippen LogP contribution in [0.25, 0.3) is 0 Å². The van der Waals surface area contributed by atoms with Gasteiger partial charge in [-0.2, -0.15) is 13.2 Å². The van der Waals surface area contributed by atoms with Crippen LogP contribution in [0.15, 0.2) is 54.7 Å². The highest BCUT2D eigenvalue weighted by Gasteiger charge is 2.68. The van der Waals surface area contributed by atoms with Gasteiger partial charge in [-0.1, -0.05) is 24.3 Å². The van der Waals surface area contributed by atoms with Crippen molar-refractivity contribution < 1.29 is 27.6 Å². The summed E-state index contributed by atoms with van der Waals surface area (Å²) in [6.45, 7) is -0.468. The molecule has 1 aliphatic heterocycles. The third kappa shape index (κ3) is 3.33. The second kappa shape index (κ2) is 6.71. The average Bonchev–Trinajstić information content (AvgIpc) is 2.88. The fourth-order valence-corrected chi connectivity index (χ4v) is 2.55. The van der Waals surface area contributed by atoms with E-state index < -0.39 is 36.2 Å². The summed E-state index contributed by atoms with van der Waals surface area (Å²) < 4.78 is 41.2. The number of hydrogen-bond donors (Lipinski definition) is 2. The Kier molecular flexibility index (Phi) is 4.56. The average molecular weight is 378 g/mol. The predicted octanol–water partition coefficient (Wildman–Crippen LogP) is 1.82. The number of pyridine rings is 1. The Balaban J connectivity index is 1.92. The lowest BCUT2D eigenvalue weighted by Crippen LogP contribution is -2.69. The first-order valence-electron chi connectivity index (χ1n) is 7.73. The molecule has 27 heavy (non-hydrogen) atoms. The Morgan fingerprint density at radius 1 is 1.11 bits per heavy atom. The van der Waals surface area contributed by atoms with Crippen LogP contribution in [-0.4, -0.2) is 39.6 Å². The highest BCUT2D eigenvalue weighted by atomic mass is 19.4. The molecule has 1 saturated heterocycles. The molecule has 10 heteroatoms. The van der Waals surface area contributed by atoms with Crippen molar-refractivity contribution in [3.8, 4) is 0 Å². The summed E-state index contributed by atoms with van der Waals surface area (Å²) in [7, 11) is 0. The highest BCUT2D eigenvalue weighted by molar-refractivity contribution is 6.10. The van der Waals surface area contributed by atoms with Gasteiger partial charge >= 0.3 is 12.2 Å². The minimum absolute atomic E-state index is 0.0913. The number of rotatable bonds is 4. The number of nitrogens with one attached hydrogen (secondary N) is 2. The molecule has 2 N–H and O–H groups in total. The van der Waals surface area contributed by atoms with E-state index in [1.807, 2.05) is 0 Å².